The molecular formula is C21H26FN3O2. The minimum Gasteiger partial charge on any atom is -0.379 e. The first kappa shape index (κ1) is 19.5. The maximum Gasteiger partial charge on any atom is 0.225 e. The van der Waals surface area contributed by atoms with Gasteiger partial charge in [-0.3, -0.25) is 9.69 Å². The summed E-state index contributed by atoms with van der Waals surface area (Å²) < 4.78 is 18.5. The fourth-order valence-corrected chi connectivity index (χ4v) is 3.07. The lowest BCUT2D eigenvalue weighted by molar-refractivity contribution is -0.116. The van der Waals surface area contributed by atoms with Crippen molar-refractivity contribution in [2.45, 2.75) is 19.5 Å². The highest BCUT2D eigenvalue weighted by atomic mass is 19.1. The van der Waals surface area contributed by atoms with Crippen molar-refractivity contribution >= 4 is 11.6 Å². The molecule has 1 amide bonds. The summed E-state index contributed by atoms with van der Waals surface area (Å²) in [6.45, 7) is 5.25. The number of nitrogens with zero attached hydrogens (tertiary/aromatic N) is 1. The topological polar surface area (TPSA) is 53.6 Å². The van der Waals surface area contributed by atoms with Gasteiger partial charge < -0.3 is 15.4 Å². The highest BCUT2D eigenvalue weighted by Crippen LogP contribution is 2.12. The normalized spacial score (nSPS) is 14.9. The van der Waals surface area contributed by atoms with E-state index in [1.165, 1.54) is 12.1 Å². The summed E-state index contributed by atoms with van der Waals surface area (Å²) in [5.74, 6) is -0.206. The molecule has 5 nitrogen and oxygen atoms in total. The maximum atomic E-state index is 13.2. The molecule has 1 aliphatic rings. The van der Waals surface area contributed by atoms with Gasteiger partial charge in [0.15, 0.2) is 0 Å². The molecule has 0 unspecified atom stereocenters. The smallest absolute Gasteiger partial charge is 0.225 e. The van der Waals surface area contributed by atoms with Crippen LogP contribution in [0.1, 0.15) is 17.5 Å². The third kappa shape index (κ3) is 6.75. The molecule has 1 heterocycles. The fraction of sp³-hybridized carbons (Fsp3) is 0.381. The average Bonchev–Trinajstić information content (AvgIpc) is 2.68. The number of carbonyl (C=O) groups is 1. The van der Waals surface area contributed by atoms with Crippen LogP contribution < -0.4 is 10.6 Å². The second kappa shape index (κ2) is 10.2. The lowest BCUT2D eigenvalue weighted by Crippen LogP contribution is -2.38. The van der Waals surface area contributed by atoms with Crippen LogP contribution in [0.25, 0.3) is 0 Å². The van der Waals surface area contributed by atoms with Crippen LogP contribution in [0, 0.1) is 5.82 Å². The Kier molecular flexibility index (Phi) is 7.33. The Hall–Kier alpha value is -2.28. The monoisotopic (exact) mass is 371 g/mol. The Morgan fingerprint density at radius 3 is 2.48 bits per heavy atom. The van der Waals surface area contributed by atoms with Gasteiger partial charge in [0.05, 0.1) is 13.2 Å². The zero-order valence-electron chi connectivity index (χ0n) is 15.4. The zero-order chi connectivity index (χ0) is 18.9. The van der Waals surface area contributed by atoms with E-state index in [-0.39, 0.29) is 11.7 Å². The lowest BCUT2D eigenvalue weighted by atomic mass is 10.1. The molecule has 27 heavy (non-hydrogen) atoms. The summed E-state index contributed by atoms with van der Waals surface area (Å²) in [7, 11) is 0. The molecule has 1 saturated heterocycles. The third-order valence-corrected chi connectivity index (χ3v) is 4.52. The van der Waals surface area contributed by atoms with Gasteiger partial charge in [-0.05, 0) is 35.4 Å². The number of morpholine rings is 1. The largest absolute Gasteiger partial charge is 0.379 e. The summed E-state index contributed by atoms with van der Waals surface area (Å²) in [6.07, 6.45) is 0.474. The van der Waals surface area contributed by atoms with Crippen molar-refractivity contribution in [3.8, 4) is 0 Å². The van der Waals surface area contributed by atoms with Crippen LogP contribution in [0.3, 0.4) is 0 Å². The van der Waals surface area contributed by atoms with Crippen LogP contribution in [0.4, 0.5) is 10.1 Å². The van der Waals surface area contributed by atoms with E-state index in [1.54, 1.807) is 6.07 Å². The second-order valence-electron chi connectivity index (χ2n) is 6.69. The van der Waals surface area contributed by atoms with Crippen LogP contribution in [-0.2, 0) is 22.6 Å². The summed E-state index contributed by atoms with van der Waals surface area (Å²) in [4.78, 5) is 14.4. The van der Waals surface area contributed by atoms with Crippen molar-refractivity contribution in [2.24, 2.45) is 0 Å². The highest BCUT2D eigenvalue weighted by Gasteiger charge is 2.12. The molecule has 0 bridgehead atoms. The quantitative estimate of drug-likeness (QED) is 0.749. The van der Waals surface area contributed by atoms with Crippen LogP contribution in [0.2, 0.25) is 0 Å². The molecule has 0 atom stereocenters. The van der Waals surface area contributed by atoms with E-state index in [4.69, 9.17) is 4.74 Å². The summed E-state index contributed by atoms with van der Waals surface area (Å²) in [5.41, 5.74) is 2.77. The Morgan fingerprint density at radius 1 is 1.04 bits per heavy atom. The number of rotatable bonds is 8. The molecule has 0 radical (unpaired) electrons. The SMILES string of the molecule is O=C(CCN1CCOCC1)Nc1cccc(CNCc2cccc(F)c2)c1. The molecule has 0 saturated carbocycles. The number of hydrogen-bond acceptors (Lipinski definition) is 4. The number of amides is 1. The van der Waals surface area contributed by atoms with E-state index >= 15 is 0 Å². The van der Waals surface area contributed by atoms with Crippen LogP contribution in [0.5, 0.6) is 0 Å². The van der Waals surface area contributed by atoms with Crippen LogP contribution in [-0.4, -0.2) is 43.7 Å². The highest BCUT2D eigenvalue weighted by molar-refractivity contribution is 5.90. The standard InChI is InChI=1S/C21H26FN3O2/c22-19-5-1-3-17(13-19)15-23-16-18-4-2-6-20(14-18)24-21(26)7-8-25-9-11-27-12-10-25/h1-6,13-14,23H,7-12,15-16H2,(H,24,26). The first-order valence-corrected chi connectivity index (χ1v) is 9.33. The van der Waals surface area contributed by atoms with E-state index in [9.17, 15) is 9.18 Å². The molecule has 144 valence electrons. The van der Waals surface area contributed by atoms with Gasteiger partial charge in [-0.1, -0.05) is 24.3 Å². The molecule has 2 aromatic rings. The van der Waals surface area contributed by atoms with Crippen molar-refractivity contribution in [2.75, 3.05) is 38.2 Å². The number of halogens is 1. The fourth-order valence-electron chi connectivity index (χ4n) is 3.07. The summed E-state index contributed by atoms with van der Waals surface area (Å²) in [6, 6.07) is 14.3. The summed E-state index contributed by atoms with van der Waals surface area (Å²) >= 11 is 0. The van der Waals surface area contributed by atoms with Gasteiger partial charge in [-0.2, -0.15) is 0 Å². The van der Waals surface area contributed by atoms with Gasteiger partial charge in [0.2, 0.25) is 5.91 Å². The number of nitrogens with one attached hydrogen (secondary N) is 2. The maximum absolute atomic E-state index is 13.2. The van der Waals surface area contributed by atoms with Crippen molar-refractivity contribution < 1.29 is 13.9 Å². The van der Waals surface area contributed by atoms with E-state index in [0.29, 0.717) is 19.5 Å². The Morgan fingerprint density at radius 2 is 1.74 bits per heavy atom. The van der Waals surface area contributed by atoms with Crippen LogP contribution in [0.15, 0.2) is 48.5 Å². The minimum absolute atomic E-state index is 0.0198. The molecule has 1 fully saturated rings. The predicted octanol–water partition coefficient (Wildman–Crippen LogP) is 2.78. The van der Waals surface area contributed by atoms with Gasteiger partial charge >= 0.3 is 0 Å². The molecule has 2 N–H and O–H groups in total. The van der Waals surface area contributed by atoms with Crippen LogP contribution >= 0.6 is 0 Å². The number of ether oxygens (including phenoxy) is 1. The number of hydrogen-bond donors (Lipinski definition) is 2. The number of carbonyl (C=O) groups excluding carboxylic acids is 1. The molecule has 3 rings (SSSR count). The number of benzene rings is 2. The van der Waals surface area contributed by atoms with Crippen molar-refractivity contribution in [1.29, 1.82) is 0 Å². The van der Waals surface area contributed by atoms with Gasteiger partial charge in [0.25, 0.3) is 0 Å². The van der Waals surface area contributed by atoms with Crippen molar-refractivity contribution in [3.63, 3.8) is 0 Å². The van der Waals surface area contributed by atoms with E-state index < -0.39 is 0 Å². The van der Waals surface area contributed by atoms with Gasteiger partial charge in [-0.15, -0.1) is 0 Å². The molecule has 6 heteroatoms. The molecule has 0 aliphatic carbocycles. The zero-order valence-corrected chi connectivity index (χ0v) is 15.4. The molecule has 0 spiro atoms. The first-order valence-electron chi connectivity index (χ1n) is 9.33. The molecule has 0 aromatic heterocycles. The third-order valence-electron chi connectivity index (χ3n) is 4.52. The Bertz CT molecular complexity index is 748. The lowest BCUT2D eigenvalue weighted by Gasteiger charge is -2.26. The number of anilines is 1. The van der Waals surface area contributed by atoms with Gasteiger partial charge in [0.1, 0.15) is 5.82 Å². The van der Waals surface area contributed by atoms with E-state index in [2.05, 4.69) is 15.5 Å². The Labute approximate surface area is 159 Å². The van der Waals surface area contributed by atoms with Gasteiger partial charge in [0, 0.05) is 44.8 Å². The van der Waals surface area contributed by atoms with E-state index in [1.807, 2.05) is 30.3 Å². The average molecular weight is 371 g/mol. The predicted molar refractivity (Wildman–Crippen MR) is 104 cm³/mol. The van der Waals surface area contributed by atoms with Crippen molar-refractivity contribution in [3.05, 3.63) is 65.5 Å². The Balaban J connectivity index is 1.43. The molecule has 2 aromatic carbocycles. The summed E-state index contributed by atoms with van der Waals surface area (Å²) in [5, 5.41) is 6.26. The second-order valence-corrected chi connectivity index (χ2v) is 6.69. The van der Waals surface area contributed by atoms with Crippen molar-refractivity contribution in [1.82, 2.24) is 10.2 Å². The first-order chi connectivity index (χ1) is 13.2. The molecule has 1 aliphatic heterocycles. The van der Waals surface area contributed by atoms with Gasteiger partial charge in [-0.25, -0.2) is 4.39 Å². The minimum atomic E-state index is -0.226. The molecular weight excluding hydrogens is 345 g/mol. The van der Waals surface area contributed by atoms with E-state index in [0.717, 1.165) is 49.7 Å².